The number of nitrogens with zero attached hydrogens (tertiary/aromatic N) is 1. The van der Waals surface area contributed by atoms with Crippen molar-refractivity contribution in [2.24, 2.45) is 0 Å². The molecule has 0 saturated carbocycles. The molecule has 1 amide bonds. The largest absolute Gasteiger partial charge is 0.454 e. The highest BCUT2D eigenvalue weighted by Crippen LogP contribution is 2.32. The normalized spacial score (nSPS) is 12.8. The van der Waals surface area contributed by atoms with Crippen molar-refractivity contribution in [2.75, 3.05) is 34.0 Å². The Morgan fingerprint density at radius 3 is 2.90 bits per heavy atom. The third-order valence-electron chi connectivity index (χ3n) is 3.18. The lowest BCUT2D eigenvalue weighted by Gasteiger charge is -2.10. The molecule has 1 aromatic rings. The van der Waals surface area contributed by atoms with Crippen molar-refractivity contribution >= 4 is 5.91 Å². The summed E-state index contributed by atoms with van der Waals surface area (Å²) in [5.74, 6) is 1.65. The smallest absolute Gasteiger partial charge is 0.231 e. The molecule has 0 saturated heterocycles. The lowest BCUT2D eigenvalue weighted by atomic mass is 10.1. The van der Waals surface area contributed by atoms with Gasteiger partial charge in [0, 0.05) is 13.0 Å². The van der Waals surface area contributed by atoms with E-state index in [0.29, 0.717) is 6.42 Å². The van der Waals surface area contributed by atoms with Crippen LogP contribution in [0.4, 0.5) is 0 Å². The van der Waals surface area contributed by atoms with Crippen molar-refractivity contribution in [3.8, 4) is 11.5 Å². The average molecular weight is 278 g/mol. The van der Waals surface area contributed by atoms with Crippen molar-refractivity contribution in [1.82, 2.24) is 10.2 Å². The summed E-state index contributed by atoms with van der Waals surface area (Å²) in [4.78, 5) is 13.8. The fourth-order valence-electron chi connectivity index (χ4n) is 2.07. The van der Waals surface area contributed by atoms with Gasteiger partial charge in [0.2, 0.25) is 12.7 Å². The van der Waals surface area contributed by atoms with Crippen LogP contribution in [-0.2, 0) is 11.2 Å². The Morgan fingerprint density at radius 2 is 2.10 bits per heavy atom. The van der Waals surface area contributed by atoms with E-state index in [9.17, 15) is 4.79 Å². The molecule has 2 rings (SSSR count). The predicted molar refractivity (Wildman–Crippen MR) is 77.1 cm³/mol. The molecule has 0 radical (unpaired) electrons. The first-order valence-electron chi connectivity index (χ1n) is 6.95. The Kier molecular flexibility index (Phi) is 5.24. The molecule has 0 aromatic heterocycles. The van der Waals surface area contributed by atoms with E-state index in [-0.39, 0.29) is 12.7 Å². The van der Waals surface area contributed by atoms with Crippen LogP contribution in [0.2, 0.25) is 0 Å². The number of carbonyl (C=O) groups excluding carboxylic acids is 1. The summed E-state index contributed by atoms with van der Waals surface area (Å²) in [5, 5.41) is 2.94. The molecular weight excluding hydrogens is 256 g/mol. The van der Waals surface area contributed by atoms with Crippen molar-refractivity contribution in [3.05, 3.63) is 23.8 Å². The first kappa shape index (κ1) is 14.7. The lowest BCUT2D eigenvalue weighted by Crippen LogP contribution is -2.27. The maximum atomic E-state index is 11.7. The summed E-state index contributed by atoms with van der Waals surface area (Å²) in [6.07, 6.45) is 2.19. The van der Waals surface area contributed by atoms with Gasteiger partial charge < -0.3 is 19.7 Å². The van der Waals surface area contributed by atoms with E-state index < -0.39 is 0 Å². The van der Waals surface area contributed by atoms with Gasteiger partial charge in [-0.3, -0.25) is 4.79 Å². The van der Waals surface area contributed by atoms with E-state index in [2.05, 4.69) is 10.2 Å². The first-order chi connectivity index (χ1) is 9.65. The molecule has 0 spiro atoms. The third-order valence-corrected chi connectivity index (χ3v) is 3.18. The Balaban J connectivity index is 1.68. The number of fused-ring (bicyclic) bond motifs is 1. The number of hydrogen-bond acceptors (Lipinski definition) is 4. The number of aryl methyl sites for hydroxylation is 1. The van der Waals surface area contributed by atoms with Crippen LogP contribution < -0.4 is 14.8 Å². The Bertz CT molecular complexity index is 460. The molecule has 1 heterocycles. The van der Waals surface area contributed by atoms with Gasteiger partial charge in [-0.1, -0.05) is 6.07 Å². The van der Waals surface area contributed by atoms with Crippen molar-refractivity contribution < 1.29 is 14.3 Å². The van der Waals surface area contributed by atoms with E-state index >= 15 is 0 Å². The van der Waals surface area contributed by atoms with Crippen LogP contribution in [0.1, 0.15) is 18.4 Å². The number of benzene rings is 1. The van der Waals surface area contributed by atoms with Crippen LogP contribution in [-0.4, -0.2) is 44.8 Å². The molecule has 5 heteroatoms. The minimum Gasteiger partial charge on any atom is -0.454 e. The van der Waals surface area contributed by atoms with E-state index in [4.69, 9.17) is 9.47 Å². The second kappa shape index (κ2) is 7.14. The van der Waals surface area contributed by atoms with Gasteiger partial charge in [0.05, 0.1) is 0 Å². The quantitative estimate of drug-likeness (QED) is 0.766. The van der Waals surface area contributed by atoms with Crippen molar-refractivity contribution in [1.29, 1.82) is 0 Å². The Morgan fingerprint density at radius 1 is 1.30 bits per heavy atom. The molecule has 1 aromatic carbocycles. The molecule has 5 nitrogen and oxygen atoms in total. The number of hydrogen-bond donors (Lipinski definition) is 1. The predicted octanol–water partition coefficient (Wildman–Crippen LogP) is 1.42. The lowest BCUT2D eigenvalue weighted by molar-refractivity contribution is -0.121. The zero-order valence-corrected chi connectivity index (χ0v) is 12.1. The van der Waals surface area contributed by atoms with Gasteiger partial charge in [0.25, 0.3) is 0 Å². The van der Waals surface area contributed by atoms with Gasteiger partial charge in [-0.2, -0.15) is 0 Å². The first-order valence-corrected chi connectivity index (χ1v) is 6.95. The highest BCUT2D eigenvalue weighted by atomic mass is 16.7. The molecule has 1 N–H and O–H groups in total. The maximum absolute atomic E-state index is 11.7. The highest BCUT2D eigenvalue weighted by molar-refractivity contribution is 5.76. The standard InChI is InChI=1S/C15H22N2O3/c1-17(2)9-3-8-16-15(18)7-5-12-4-6-13-14(10-12)20-11-19-13/h4,6,10H,3,5,7-9,11H2,1-2H3,(H,16,18). The minimum absolute atomic E-state index is 0.0985. The summed E-state index contributed by atoms with van der Waals surface area (Å²) in [6, 6.07) is 5.82. The number of nitrogens with one attached hydrogen (secondary N) is 1. The number of ether oxygens (including phenoxy) is 2. The second-order valence-electron chi connectivity index (χ2n) is 5.19. The van der Waals surface area contributed by atoms with Gasteiger partial charge in [-0.15, -0.1) is 0 Å². The fourth-order valence-corrected chi connectivity index (χ4v) is 2.07. The zero-order valence-electron chi connectivity index (χ0n) is 12.1. The van der Waals surface area contributed by atoms with Crippen molar-refractivity contribution in [3.63, 3.8) is 0 Å². The SMILES string of the molecule is CN(C)CCCNC(=O)CCc1ccc2c(c1)OCO2. The van der Waals surface area contributed by atoms with Gasteiger partial charge >= 0.3 is 0 Å². The fraction of sp³-hybridized carbons (Fsp3) is 0.533. The molecule has 110 valence electrons. The van der Waals surface area contributed by atoms with Crippen LogP contribution in [0.25, 0.3) is 0 Å². The van der Waals surface area contributed by atoms with Crippen LogP contribution in [0.3, 0.4) is 0 Å². The van der Waals surface area contributed by atoms with Crippen LogP contribution in [0.15, 0.2) is 18.2 Å². The Hall–Kier alpha value is -1.75. The molecule has 20 heavy (non-hydrogen) atoms. The molecule has 1 aliphatic heterocycles. The summed E-state index contributed by atoms with van der Waals surface area (Å²) < 4.78 is 10.6. The maximum Gasteiger partial charge on any atom is 0.231 e. The van der Waals surface area contributed by atoms with E-state index in [1.54, 1.807) is 0 Å². The zero-order chi connectivity index (χ0) is 14.4. The molecule has 0 atom stereocenters. The van der Waals surface area contributed by atoms with Crippen molar-refractivity contribution in [2.45, 2.75) is 19.3 Å². The summed E-state index contributed by atoms with van der Waals surface area (Å²) in [5.41, 5.74) is 1.10. The number of carbonyl (C=O) groups is 1. The topological polar surface area (TPSA) is 50.8 Å². The van der Waals surface area contributed by atoms with Gasteiger partial charge in [0.15, 0.2) is 11.5 Å². The average Bonchev–Trinajstić information content (AvgIpc) is 2.88. The molecular formula is C15H22N2O3. The molecule has 1 aliphatic rings. The monoisotopic (exact) mass is 278 g/mol. The van der Waals surface area contributed by atoms with E-state index in [1.165, 1.54) is 0 Å². The van der Waals surface area contributed by atoms with Crippen LogP contribution in [0, 0.1) is 0 Å². The van der Waals surface area contributed by atoms with Gasteiger partial charge in [0.1, 0.15) is 0 Å². The molecule has 0 aliphatic carbocycles. The minimum atomic E-state index is 0.0985. The van der Waals surface area contributed by atoms with Crippen LogP contribution in [0.5, 0.6) is 11.5 Å². The van der Waals surface area contributed by atoms with Crippen LogP contribution >= 0.6 is 0 Å². The summed E-state index contributed by atoms with van der Waals surface area (Å²) in [7, 11) is 4.06. The summed E-state index contributed by atoms with van der Waals surface area (Å²) in [6.45, 7) is 2.01. The Labute approximate surface area is 119 Å². The number of rotatable bonds is 7. The highest BCUT2D eigenvalue weighted by Gasteiger charge is 2.13. The summed E-state index contributed by atoms with van der Waals surface area (Å²) >= 11 is 0. The molecule has 0 unspecified atom stereocenters. The third kappa shape index (κ3) is 4.42. The second-order valence-corrected chi connectivity index (χ2v) is 5.19. The van der Waals surface area contributed by atoms with E-state index in [1.807, 2.05) is 32.3 Å². The molecule has 0 bridgehead atoms. The van der Waals surface area contributed by atoms with Gasteiger partial charge in [-0.25, -0.2) is 0 Å². The van der Waals surface area contributed by atoms with Gasteiger partial charge in [-0.05, 0) is 51.2 Å². The number of amides is 1. The molecule has 0 fully saturated rings. The van der Waals surface area contributed by atoms with E-state index in [0.717, 1.165) is 43.0 Å².